The second-order valence-corrected chi connectivity index (χ2v) is 22.3. The van der Waals surface area contributed by atoms with Gasteiger partial charge in [-0.05, 0) is 68.0 Å². The van der Waals surface area contributed by atoms with Crippen molar-refractivity contribution in [1.29, 1.82) is 0 Å². The van der Waals surface area contributed by atoms with Crippen LogP contribution in [-0.4, -0.2) is 54.5 Å². The summed E-state index contributed by atoms with van der Waals surface area (Å²) in [5.41, 5.74) is 2.08. The van der Waals surface area contributed by atoms with Crippen molar-refractivity contribution in [2.24, 2.45) is 17.3 Å². The van der Waals surface area contributed by atoms with Crippen LogP contribution in [0.3, 0.4) is 0 Å². The Morgan fingerprint density at radius 3 is 2.40 bits per heavy atom. The molecule has 47 heavy (non-hydrogen) atoms. The highest BCUT2D eigenvalue weighted by molar-refractivity contribution is 7.92. The zero-order chi connectivity index (χ0) is 34.2. The maximum absolute atomic E-state index is 14.6. The maximum atomic E-state index is 14.6. The Hall–Kier alpha value is -2.67. The summed E-state index contributed by atoms with van der Waals surface area (Å²) in [5.74, 6) is 7.19. The predicted molar refractivity (Wildman–Crippen MR) is 193 cm³/mol. The zero-order valence-electron chi connectivity index (χ0n) is 29.4. The monoisotopic (exact) mass is 678 g/mol. The number of fused-ring (bicyclic) bond motifs is 2. The minimum atomic E-state index is -3.75. The van der Waals surface area contributed by atoms with Crippen molar-refractivity contribution in [3.05, 3.63) is 84.0 Å². The van der Waals surface area contributed by atoms with Crippen LogP contribution in [0.1, 0.15) is 52.0 Å². The number of ether oxygens (including phenoxy) is 4. The lowest BCUT2D eigenvalue weighted by atomic mass is 9.57. The average molecular weight is 679 g/mol. The molecule has 256 valence electrons. The van der Waals surface area contributed by atoms with Gasteiger partial charge < -0.3 is 18.9 Å². The van der Waals surface area contributed by atoms with Crippen molar-refractivity contribution in [3.8, 4) is 17.6 Å². The number of hydrogen-bond donors (Lipinski definition) is 0. The van der Waals surface area contributed by atoms with E-state index in [0.29, 0.717) is 37.4 Å². The van der Waals surface area contributed by atoms with Crippen molar-refractivity contribution in [1.82, 2.24) is 0 Å². The van der Waals surface area contributed by atoms with Gasteiger partial charge in [-0.2, -0.15) is 0 Å². The van der Waals surface area contributed by atoms with E-state index in [1.807, 2.05) is 37.3 Å². The molecule has 2 aliphatic carbocycles. The van der Waals surface area contributed by atoms with Crippen LogP contribution in [0, 0.1) is 29.1 Å². The Balaban J connectivity index is 1.75. The van der Waals surface area contributed by atoms with Crippen LogP contribution in [0.15, 0.2) is 83.3 Å². The summed E-state index contributed by atoms with van der Waals surface area (Å²) < 4.78 is 53.8. The third-order valence-electron chi connectivity index (χ3n) is 10.0. The van der Waals surface area contributed by atoms with Crippen molar-refractivity contribution >= 4 is 17.9 Å². The number of allylic oxidation sites excluding steroid dienone is 2. The van der Waals surface area contributed by atoms with Gasteiger partial charge in [-0.1, -0.05) is 93.5 Å². The topological polar surface area (TPSA) is 71.1 Å². The molecule has 0 aliphatic heterocycles. The Bertz CT molecular complexity index is 1530. The minimum absolute atomic E-state index is 0.0485. The van der Waals surface area contributed by atoms with Crippen molar-refractivity contribution in [3.63, 3.8) is 0 Å². The largest absolute Gasteiger partial charge is 0.497 e. The van der Waals surface area contributed by atoms with Gasteiger partial charge in [0.1, 0.15) is 18.6 Å². The van der Waals surface area contributed by atoms with Crippen LogP contribution >= 0.6 is 0 Å². The number of rotatable bonds is 12. The van der Waals surface area contributed by atoms with Crippen molar-refractivity contribution in [2.75, 3.05) is 20.5 Å². The summed E-state index contributed by atoms with van der Waals surface area (Å²) in [6.07, 6.45) is 3.72. The fourth-order valence-electron chi connectivity index (χ4n) is 6.79. The fourth-order valence-corrected chi connectivity index (χ4v) is 9.92. The Morgan fingerprint density at radius 1 is 1.04 bits per heavy atom. The van der Waals surface area contributed by atoms with E-state index < -0.39 is 34.7 Å². The van der Waals surface area contributed by atoms with E-state index in [1.54, 1.807) is 31.4 Å². The Morgan fingerprint density at radius 2 is 1.74 bits per heavy atom. The molecule has 2 aromatic rings. The standard InChI is InChI=1S/C39H54O6SSi/c1-29-15-11-9-14-18-35(44-27-32-19-21-33(42-5)22-20-32)38-31(3)39(4,37(25-29)46(40,41)34-16-12-10-13-17-34)30(2)26-36(38)45-28-43-23-24-47(6,7)8/h10,12-13,15-17,19-22,30,35-38H,3,9,11,23-28H2,1-2,4-8H3/b29-15+/t30-,35+,36+,37-,38-,39-/m1/s1. The summed E-state index contributed by atoms with van der Waals surface area (Å²) >= 11 is 0. The summed E-state index contributed by atoms with van der Waals surface area (Å²) in [4.78, 5) is 0.337. The first kappa shape index (κ1) is 37.2. The summed E-state index contributed by atoms with van der Waals surface area (Å²) in [7, 11) is -3.35. The van der Waals surface area contributed by atoms with Gasteiger partial charge in [0.2, 0.25) is 0 Å². The van der Waals surface area contributed by atoms with E-state index in [0.717, 1.165) is 34.9 Å². The second-order valence-electron chi connectivity index (χ2n) is 14.6. The van der Waals surface area contributed by atoms with E-state index in [4.69, 9.17) is 25.5 Å². The number of hydrogen-bond acceptors (Lipinski definition) is 6. The molecule has 0 N–H and O–H groups in total. The molecule has 0 saturated heterocycles. The van der Waals surface area contributed by atoms with Crippen LogP contribution in [0.2, 0.25) is 25.7 Å². The first-order chi connectivity index (χ1) is 22.3. The molecule has 6 atom stereocenters. The molecule has 0 unspecified atom stereocenters. The van der Waals surface area contributed by atoms with E-state index in [2.05, 4.69) is 51.4 Å². The minimum Gasteiger partial charge on any atom is -0.497 e. The first-order valence-corrected chi connectivity index (χ1v) is 22.1. The van der Waals surface area contributed by atoms with E-state index in [-0.39, 0.29) is 24.7 Å². The molecule has 4 rings (SSSR count). The average Bonchev–Trinajstić information content (AvgIpc) is 3.03. The van der Waals surface area contributed by atoms with Gasteiger partial charge in [-0.25, -0.2) is 8.42 Å². The van der Waals surface area contributed by atoms with Gasteiger partial charge in [0.15, 0.2) is 9.84 Å². The summed E-state index contributed by atoms with van der Waals surface area (Å²) in [5, 5.41) is -0.720. The van der Waals surface area contributed by atoms with Crippen molar-refractivity contribution in [2.45, 2.75) is 101 Å². The molecular weight excluding hydrogens is 625 g/mol. The SMILES string of the molecule is C=C1[C@@H]2[C@@H](OCc3ccc(OC)cc3)C#CCC/C=C(\C)C[C@@H](S(=O)(=O)c3ccccc3)[C@]1(C)[C@H](C)C[C@@H]2OCOCC[Si](C)(C)C. The third-order valence-corrected chi connectivity index (χ3v) is 14.0. The van der Waals surface area contributed by atoms with Crippen LogP contribution in [0.25, 0.3) is 0 Å². The smallest absolute Gasteiger partial charge is 0.182 e. The van der Waals surface area contributed by atoms with Crippen LogP contribution in [0.5, 0.6) is 5.75 Å². The lowest BCUT2D eigenvalue weighted by Crippen LogP contribution is -2.55. The maximum Gasteiger partial charge on any atom is 0.182 e. The quantitative estimate of drug-likeness (QED) is 0.0738. The van der Waals surface area contributed by atoms with E-state index in [1.165, 1.54) is 0 Å². The highest BCUT2D eigenvalue weighted by Crippen LogP contribution is 2.55. The number of methoxy groups -OCH3 is 1. The Kier molecular flexibility index (Phi) is 12.8. The van der Waals surface area contributed by atoms with Gasteiger partial charge in [-0.3, -0.25) is 0 Å². The molecule has 0 amide bonds. The van der Waals surface area contributed by atoms with Gasteiger partial charge in [0.05, 0.1) is 30.0 Å². The number of benzene rings is 2. The van der Waals surface area contributed by atoms with Gasteiger partial charge in [0, 0.05) is 32.4 Å². The van der Waals surface area contributed by atoms with Crippen molar-refractivity contribution < 1.29 is 27.4 Å². The highest BCUT2D eigenvalue weighted by atomic mass is 32.2. The number of sulfone groups is 1. The predicted octanol–water partition coefficient (Wildman–Crippen LogP) is 8.47. The molecule has 2 aromatic carbocycles. The molecule has 0 spiro atoms. The normalized spacial score (nSPS) is 28.2. The zero-order valence-corrected chi connectivity index (χ0v) is 31.2. The Labute approximate surface area is 284 Å². The lowest BCUT2D eigenvalue weighted by molar-refractivity contribution is -0.138. The molecule has 2 bridgehead atoms. The molecule has 0 radical (unpaired) electrons. The molecular formula is C39H54O6SSi. The van der Waals surface area contributed by atoms with Crippen LogP contribution in [0.4, 0.5) is 0 Å². The fraction of sp³-hybridized carbons (Fsp3) is 0.538. The van der Waals surface area contributed by atoms with Gasteiger partial charge in [-0.15, -0.1) is 5.92 Å². The molecule has 2 aliphatic rings. The summed E-state index contributed by atoms with van der Waals surface area (Å²) in [6.45, 7) is 19.1. The molecule has 6 nitrogen and oxygen atoms in total. The second kappa shape index (κ2) is 16.2. The van der Waals surface area contributed by atoms with Gasteiger partial charge in [0.25, 0.3) is 0 Å². The molecule has 8 heteroatoms. The molecule has 1 saturated carbocycles. The molecule has 0 heterocycles. The van der Waals surface area contributed by atoms with Crippen LogP contribution in [-0.2, 0) is 30.7 Å². The lowest BCUT2D eigenvalue weighted by Gasteiger charge is -2.53. The van der Waals surface area contributed by atoms with Crippen LogP contribution < -0.4 is 4.74 Å². The summed E-state index contributed by atoms with van der Waals surface area (Å²) in [6, 6.07) is 17.7. The van der Waals surface area contributed by atoms with Gasteiger partial charge >= 0.3 is 0 Å². The first-order valence-electron chi connectivity index (χ1n) is 16.8. The highest BCUT2D eigenvalue weighted by Gasteiger charge is 2.56. The van der Waals surface area contributed by atoms with E-state index >= 15 is 0 Å². The molecule has 1 fully saturated rings. The molecule has 0 aromatic heterocycles. The third kappa shape index (κ3) is 9.27. The van der Waals surface area contributed by atoms with E-state index in [9.17, 15) is 8.42 Å².